The van der Waals surface area contributed by atoms with E-state index in [4.69, 9.17) is 26.4 Å². The van der Waals surface area contributed by atoms with Crippen LogP contribution in [0.5, 0.6) is 11.5 Å². The van der Waals surface area contributed by atoms with Gasteiger partial charge in [-0.15, -0.1) is 13.2 Å². The van der Waals surface area contributed by atoms with E-state index in [1.807, 2.05) is 26.0 Å². The smallest absolute Gasteiger partial charge is 0.497 e. The van der Waals surface area contributed by atoms with E-state index in [-0.39, 0.29) is 29.1 Å². The van der Waals surface area contributed by atoms with Gasteiger partial charge < -0.3 is 31.1 Å². The molecule has 3 aromatic carbocycles. The van der Waals surface area contributed by atoms with Gasteiger partial charge in [0.05, 0.1) is 24.4 Å². The van der Waals surface area contributed by atoms with Gasteiger partial charge in [-0.05, 0) is 96.7 Å². The molecule has 0 spiro atoms. The third-order valence-electron chi connectivity index (χ3n) is 6.33. The molecule has 0 aliphatic rings. The minimum Gasteiger partial charge on any atom is -0.497 e. The van der Waals surface area contributed by atoms with Gasteiger partial charge in [-0.2, -0.15) is 0 Å². The van der Waals surface area contributed by atoms with Crippen molar-refractivity contribution in [2.75, 3.05) is 13.0 Å². The summed E-state index contributed by atoms with van der Waals surface area (Å²) in [6, 6.07) is 13.7. The van der Waals surface area contributed by atoms with Gasteiger partial charge in [0.1, 0.15) is 29.6 Å². The summed E-state index contributed by atoms with van der Waals surface area (Å²) >= 11 is 1.09. The number of aliphatic imine (C=N–C) groups is 3. The molecule has 14 heteroatoms. The zero-order chi connectivity index (χ0) is 33.1. The highest BCUT2D eigenvalue weighted by Crippen LogP contribution is 2.29. The summed E-state index contributed by atoms with van der Waals surface area (Å²) in [5.74, 6) is -0.558. The molecule has 1 atom stereocenters. The standard InChI is InChI=1S/C31H33F3N6O4S/c1-18-12-26(42-4)13-19(2)27(18)40-30(37)45-17-43-29(41)20(3)11-23-14-21(5-6-22(23)15-35)28(36)39-16-38-24-7-9-25(10-8-24)44-31(32,33)34/h5-10,12-16,20,35H,11,17H2,1-4H3,(H2,37,40)(H2,36,38,39). The van der Waals surface area contributed by atoms with E-state index in [0.29, 0.717) is 22.4 Å². The summed E-state index contributed by atoms with van der Waals surface area (Å²) < 4.78 is 51.5. The lowest BCUT2D eigenvalue weighted by Crippen LogP contribution is -2.20. The Balaban J connectivity index is 1.60. The maximum Gasteiger partial charge on any atom is 0.573 e. The van der Waals surface area contributed by atoms with Crippen LogP contribution in [0.25, 0.3) is 0 Å². The van der Waals surface area contributed by atoms with Crippen molar-refractivity contribution in [1.29, 1.82) is 5.41 Å². The minimum atomic E-state index is -4.78. The second-order valence-electron chi connectivity index (χ2n) is 9.75. The van der Waals surface area contributed by atoms with Gasteiger partial charge in [0.2, 0.25) is 0 Å². The number of aryl methyl sites for hydroxylation is 2. The Labute approximate surface area is 262 Å². The number of amidine groups is 2. The lowest BCUT2D eigenvalue weighted by molar-refractivity contribution is -0.274. The molecule has 10 nitrogen and oxygen atoms in total. The van der Waals surface area contributed by atoms with Crippen molar-refractivity contribution >= 4 is 52.7 Å². The number of alkyl halides is 3. The number of ether oxygens (including phenoxy) is 3. The highest BCUT2D eigenvalue weighted by atomic mass is 32.2. The average Bonchev–Trinajstić information content (AvgIpc) is 2.98. The fourth-order valence-electron chi connectivity index (χ4n) is 4.11. The maximum absolute atomic E-state index is 12.7. The predicted molar refractivity (Wildman–Crippen MR) is 171 cm³/mol. The summed E-state index contributed by atoms with van der Waals surface area (Å²) in [4.78, 5) is 25.4. The van der Waals surface area contributed by atoms with Crippen LogP contribution >= 0.6 is 11.8 Å². The molecule has 0 radical (unpaired) electrons. The van der Waals surface area contributed by atoms with Crippen LogP contribution in [-0.4, -0.2) is 48.9 Å². The molecule has 0 fully saturated rings. The van der Waals surface area contributed by atoms with E-state index in [1.165, 1.54) is 24.7 Å². The van der Waals surface area contributed by atoms with E-state index in [0.717, 1.165) is 46.5 Å². The van der Waals surface area contributed by atoms with Crippen molar-refractivity contribution in [2.24, 2.45) is 32.4 Å². The first kappa shape index (κ1) is 34.6. The first-order valence-electron chi connectivity index (χ1n) is 13.4. The van der Waals surface area contributed by atoms with E-state index in [2.05, 4.69) is 19.7 Å². The highest BCUT2D eigenvalue weighted by Gasteiger charge is 2.31. The van der Waals surface area contributed by atoms with Crippen LogP contribution in [0, 0.1) is 25.2 Å². The number of hydrogen-bond donors (Lipinski definition) is 3. The summed E-state index contributed by atoms with van der Waals surface area (Å²) in [6.07, 6.45) is -2.17. The number of carbonyl (C=O) groups excluding carboxylic acids is 1. The maximum atomic E-state index is 12.7. The molecular weight excluding hydrogens is 609 g/mol. The SMILES string of the molecule is COc1cc(C)c(N=C(N)SCOC(=O)C(C)Cc2cc(C(N)=NC=Nc3ccc(OC(F)(F)F)cc3)ccc2C=N)c(C)c1. The summed E-state index contributed by atoms with van der Waals surface area (Å²) in [5.41, 5.74) is 16.9. The zero-order valence-electron chi connectivity index (χ0n) is 25.0. The van der Waals surface area contributed by atoms with Crippen LogP contribution in [0.4, 0.5) is 24.5 Å². The minimum absolute atomic E-state index is 0.0265. The number of nitrogens with zero attached hydrogens (tertiary/aromatic N) is 3. The lowest BCUT2D eigenvalue weighted by Gasteiger charge is -2.14. The fraction of sp³-hybridized carbons (Fsp3) is 0.258. The fourth-order valence-corrected chi connectivity index (χ4v) is 4.56. The molecule has 0 bridgehead atoms. The molecule has 0 aromatic heterocycles. The lowest BCUT2D eigenvalue weighted by atomic mass is 9.95. The number of esters is 1. The average molecular weight is 643 g/mol. The van der Waals surface area contributed by atoms with Crippen molar-refractivity contribution in [3.8, 4) is 11.5 Å². The Kier molecular flexibility index (Phi) is 12.1. The van der Waals surface area contributed by atoms with Crippen LogP contribution < -0.4 is 20.9 Å². The van der Waals surface area contributed by atoms with Gasteiger partial charge in [0.15, 0.2) is 5.17 Å². The highest BCUT2D eigenvalue weighted by molar-refractivity contribution is 8.13. The van der Waals surface area contributed by atoms with Gasteiger partial charge in [0.25, 0.3) is 0 Å². The molecule has 5 N–H and O–H groups in total. The Morgan fingerprint density at radius 1 is 1.04 bits per heavy atom. The predicted octanol–water partition coefficient (Wildman–Crippen LogP) is 6.33. The first-order valence-corrected chi connectivity index (χ1v) is 14.4. The van der Waals surface area contributed by atoms with Gasteiger partial charge >= 0.3 is 12.3 Å². The molecule has 238 valence electrons. The third-order valence-corrected chi connectivity index (χ3v) is 6.95. The Hall–Kier alpha value is -4.85. The van der Waals surface area contributed by atoms with Crippen molar-refractivity contribution in [3.63, 3.8) is 0 Å². The number of nitrogens with two attached hydrogens (primary N) is 2. The van der Waals surface area contributed by atoms with Crippen molar-refractivity contribution < 1.29 is 32.2 Å². The van der Waals surface area contributed by atoms with E-state index in [9.17, 15) is 18.0 Å². The van der Waals surface area contributed by atoms with E-state index >= 15 is 0 Å². The van der Waals surface area contributed by atoms with Crippen molar-refractivity contribution in [2.45, 2.75) is 33.6 Å². The summed E-state index contributed by atoms with van der Waals surface area (Å²) in [6.45, 7) is 5.52. The molecule has 0 saturated carbocycles. The monoisotopic (exact) mass is 642 g/mol. The van der Waals surface area contributed by atoms with Crippen LogP contribution in [0.3, 0.4) is 0 Å². The van der Waals surface area contributed by atoms with Crippen LogP contribution in [-0.2, 0) is 16.0 Å². The molecule has 0 heterocycles. The molecule has 3 rings (SSSR count). The van der Waals surface area contributed by atoms with Crippen LogP contribution in [0.1, 0.15) is 34.7 Å². The second-order valence-corrected chi connectivity index (χ2v) is 10.7. The number of hydrogen-bond acceptors (Lipinski definition) is 8. The summed E-state index contributed by atoms with van der Waals surface area (Å²) in [5, 5.41) is 8.00. The molecule has 0 amide bonds. The number of rotatable bonds is 12. The molecular formula is C31H33F3N6O4S. The first-order chi connectivity index (χ1) is 21.3. The van der Waals surface area contributed by atoms with Gasteiger partial charge in [-0.3, -0.25) is 4.79 Å². The van der Waals surface area contributed by atoms with E-state index in [1.54, 1.807) is 32.2 Å². The van der Waals surface area contributed by atoms with Gasteiger partial charge in [-0.1, -0.05) is 19.1 Å². The van der Waals surface area contributed by atoms with Gasteiger partial charge in [0, 0.05) is 11.8 Å². The molecule has 1 unspecified atom stereocenters. The number of benzene rings is 3. The largest absolute Gasteiger partial charge is 0.573 e. The van der Waals surface area contributed by atoms with Gasteiger partial charge in [-0.25, -0.2) is 15.0 Å². The Morgan fingerprint density at radius 2 is 1.71 bits per heavy atom. The quantitative estimate of drug-likeness (QED) is 0.0901. The number of nitrogens with one attached hydrogen (secondary N) is 1. The number of thioether (sulfide) groups is 1. The van der Waals surface area contributed by atoms with Crippen LogP contribution in [0.15, 0.2) is 69.6 Å². The van der Waals surface area contributed by atoms with Crippen LogP contribution in [0.2, 0.25) is 0 Å². The number of halogens is 3. The molecule has 3 aromatic rings. The third kappa shape index (κ3) is 10.7. The zero-order valence-corrected chi connectivity index (χ0v) is 25.8. The van der Waals surface area contributed by atoms with E-state index < -0.39 is 18.2 Å². The number of carbonyl (C=O) groups is 1. The Morgan fingerprint density at radius 3 is 2.31 bits per heavy atom. The molecule has 0 aliphatic heterocycles. The van der Waals surface area contributed by atoms with Crippen molar-refractivity contribution in [1.82, 2.24) is 0 Å². The molecule has 45 heavy (non-hydrogen) atoms. The topological polar surface area (TPSA) is 158 Å². The number of methoxy groups -OCH3 is 1. The normalized spacial score (nSPS) is 13.0. The summed E-state index contributed by atoms with van der Waals surface area (Å²) in [7, 11) is 1.59. The molecule has 0 aliphatic carbocycles. The second kappa shape index (κ2) is 15.7. The van der Waals surface area contributed by atoms with Crippen molar-refractivity contribution in [3.05, 3.63) is 82.4 Å². The Bertz CT molecular complexity index is 1580. The molecule has 0 saturated heterocycles.